The van der Waals surface area contributed by atoms with E-state index in [-0.39, 0.29) is 24.3 Å². The minimum Gasteiger partial charge on any atom is -0.472 e. The Kier molecular flexibility index (Phi) is 3.84. The number of aliphatic hydroxyl groups is 1. The van der Waals surface area contributed by atoms with E-state index in [4.69, 9.17) is 4.42 Å². The lowest BCUT2D eigenvalue weighted by Crippen LogP contribution is -2.40. The summed E-state index contributed by atoms with van der Waals surface area (Å²) in [5, 5.41) is 10.0. The van der Waals surface area contributed by atoms with Crippen LogP contribution in [0, 0.1) is 11.3 Å². The maximum atomic E-state index is 12.7. The van der Waals surface area contributed by atoms with Crippen molar-refractivity contribution < 1.29 is 19.1 Å². The molecule has 0 radical (unpaired) electrons. The Morgan fingerprint density at radius 1 is 1.04 bits per heavy atom. The van der Waals surface area contributed by atoms with Gasteiger partial charge in [0, 0.05) is 43.1 Å². The zero-order chi connectivity index (χ0) is 17.4. The molecule has 3 heterocycles. The van der Waals surface area contributed by atoms with Crippen LogP contribution in [0.25, 0.3) is 0 Å². The van der Waals surface area contributed by atoms with Crippen LogP contribution in [0.3, 0.4) is 0 Å². The van der Waals surface area contributed by atoms with Crippen LogP contribution in [-0.4, -0.2) is 59.5 Å². The average molecular weight is 340 g/mol. The fraction of sp³-hybridized carbons (Fsp3) is 0.368. The Hall–Kier alpha value is -2.60. The number of nitrogens with zero attached hydrogens (tertiary/aromatic N) is 2. The van der Waals surface area contributed by atoms with Crippen molar-refractivity contribution in [1.29, 1.82) is 0 Å². The van der Waals surface area contributed by atoms with Crippen molar-refractivity contribution in [2.24, 2.45) is 11.3 Å². The van der Waals surface area contributed by atoms with E-state index in [1.54, 1.807) is 28.0 Å². The number of carbonyl (C=O) groups is 2. The predicted molar refractivity (Wildman–Crippen MR) is 90.0 cm³/mol. The molecule has 25 heavy (non-hydrogen) atoms. The Bertz CT molecular complexity index is 774. The number of carbonyl (C=O) groups excluding carboxylic acids is 2. The third-order valence-electron chi connectivity index (χ3n) is 5.44. The van der Waals surface area contributed by atoms with Gasteiger partial charge in [-0.25, -0.2) is 0 Å². The molecule has 1 aromatic heterocycles. The molecule has 0 saturated carbocycles. The van der Waals surface area contributed by atoms with E-state index in [1.165, 1.54) is 12.5 Å². The highest BCUT2D eigenvalue weighted by Gasteiger charge is 2.54. The summed E-state index contributed by atoms with van der Waals surface area (Å²) in [7, 11) is 0. The molecule has 6 heteroatoms. The number of benzene rings is 1. The van der Waals surface area contributed by atoms with Gasteiger partial charge in [-0.1, -0.05) is 18.2 Å². The Balaban J connectivity index is 1.50. The van der Waals surface area contributed by atoms with Crippen LogP contribution in [0.4, 0.5) is 0 Å². The van der Waals surface area contributed by atoms with Crippen LogP contribution in [0.1, 0.15) is 20.7 Å². The van der Waals surface area contributed by atoms with Crippen LogP contribution >= 0.6 is 0 Å². The van der Waals surface area contributed by atoms with Crippen molar-refractivity contribution in [2.45, 2.75) is 0 Å². The van der Waals surface area contributed by atoms with Gasteiger partial charge in [-0.15, -0.1) is 0 Å². The topological polar surface area (TPSA) is 74.0 Å². The molecule has 2 aromatic rings. The van der Waals surface area contributed by atoms with Gasteiger partial charge in [-0.2, -0.15) is 0 Å². The van der Waals surface area contributed by atoms with E-state index in [0.29, 0.717) is 37.3 Å². The van der Waals surface area contributed by atoms with Gasteiger partial charge < -0.3 is 19.3 Å². The summed E-state index contributed by atoms with van der Waals surface area (Å²) < 4.78 is 4.99. The van der Waals surface area contributed by atoms with Crippen LogP contribution < -0.4 is 0 Å². The van der Waals surface area contributed by atoms with E-state index in [9.17, 15) is 14.7 Å². The van der Waals surface area contributed by atoms with E-state index in [2.05, 4.69) is 0 Å². The highest BCUT2D eigenvalue weighted by Crippen LogP contribution is 2.43. The summed E-state index contributed by atoms with van der Waals surface area (Å²) in [5.41, 5.74) is 0.733. The lowest BCUT2D eigenvalue weighted by atomic mass is 9.82. The molecule has 0 aliphatic carbocycles. The molecular formula is C19H20N2O4. The van der Waals surface area contributed by atoms with Crippen molar-refractivity contribution in [3.05, 3.63) is 60.1 Å². The first-order valence-corrected chi connectivity index (χ1v) is 8.40. The fourth-order valence-corrected chi connectivity index (χ4v) is 4.05. The number of aliphatic hydroxyl groups excluding tert-OH is 1. The summed E-state index contributed by atoms with van der Waals surface area (Å²) >= 11 is 0. The SMILES string of the molecule is O=C(c1ccccc1)N1C[C@@H]2CN(C(=O)c3ccoc3)C[C@]2(CO)C1. The highest BCUT2D eigenvalue weighted by molar-refractivity contribution is 5.95. The molecule has 2 amide bonds. The summed E-state index contributed by atoms with van der Waals surface area (Å²) in [6.45, 7) is 1.99. The predicted octanol–water partition coefficient (Wildman–Crippen LogP) is 1.49. The minimum atomic E-state index is -0.441. The van der Waals surface area contributed by atoms with Gasteiger partial charge in [0.1, 0.15) is 6.26 Å². The molecule has 0 spiro atoms. The molecule has 2 fully saturated rings. The maximum absolute atomic E-state index is 12.7. The standard InChI is InChI=1S/C19H20N2O4/c22-13-19-11-20(17(23)14-4-2-1-3-5-14)8-16(19)9-21(12-19)18(24)15-6-7-25-10-15/h1-7,10,16,22H,8-9,11-13H2/t16-,19+/m1/s1. The van der Waals surface area contributed by atoms with Crippen molar-refractivity contribution in [1.82, 2.24) is 9.80 Å². The van der Waals surface area contributed by atoms with Crippen molar-refractivity contribution >= 4 is 11.8 Å². The van der Waals surface area contributed by atoms with E-state index in [1.807, 2.05) is 18.2 Å². The summed E-state index contributed by atoms with van der Waals surface area (Å²) in [4.78, 5) is 28.8. The first-order chi connectivity index (χ1) is 12.1. The minimum absolute atomic E-state index is 0.0180. The van der Waals surface area contributed by atoms with Crippen LogP contribution in [0.5, 0.6) is 0 Å². The first-order valence-electron chi connectivity index (χ1n) is 8.40. The second-order valence-corrected chi connectivity index (χ2v) is 6.97. The zero-order valence-electron chi connectivity index (χ0n) is 13.8. The smallest absolute Gasteiger partial charge is 0.257 e. The lowest BCUT2D eigenvalue weighted by molar-refractivity contribution is 0.0666. The van der Waals surface area contributed by atoms with Crippen LogP contribution in [0.2, 0.25) is 0 Å². The van der Waals surface area contributed by atoms with Gasteiger partial charge in [0.2, 0.25) is 0 Å². The Labute approximate surface area is 145 Å². The number of hydrogen-bond donors (Lipinski definition) is 1. The van der Waals surface area contributed by atoms with Gasteiger partial charge >= 0.3 is 0 Å². The molecular weight excluding hydrogens is 320 g/mol. The third kappa shape index (κ3) is 2.62. The molecule has 2 aliphatic heterocycles. The molecule has 2 saturated heterocycles. The van der Waals surface area contributed by atoms with E-state index in [0.717, 1.165) is 0 Å². The molecule has 1 N–H and O–H groups in total. The molecule has 0 bridgehead atoms. The van der Waals surface area contributed by atoms with Gasteiger partial charge in [-0.3, -0.25) is 9.59 Å². The number of fused-ring (bicyclic) bond motifs is 1. The molecule has 0 unspecified atom stereocenters. The van der Waals surface area contributed by atoms with Crippen LogP contribution in [-0.2, 0) is 0 Å². The number of likely N-dealkylation sites (tertiary alicyclic amines) is 2. The monoisotopic (exact) mass is 340 g/mol. The zero-order valence-corrected chi connectivity index (χ0v) is 13.8. The Morgan fingerprint density at radius 2 is 1.68 bits per heavy atom. The number of amides is 2. The second kappa shape index (κ2) is 6.04. The van der Waals surface area contributed by atoms with Gasteiger partial charge in [-0.05, 0) is 18.2 Å². The number of furan rings is 1. The molecule has 6 nitrogen and oxygen atoms in total. The maximum Gasteiger partial charge on any atom is 0.257 e. The van der Waals surface area contributed by atoms with Gasteiger partial charge in [0.25, 0.3) is 11.8 Å². The quantitative estimate of drug-likeness (QED) is 0.919. The lowest BCUT2D eigenvalue weighted by Gasteiger charge is -2.27. The summed E-state index contributed by atoms with van der Waals surface area (Å²) in [6.07, 6.45) is 2.92. The Morgan fingerprint density at radius 3 is 2.20 bits per heavy atom. The van der Waals surface area contributed by atoms with Gasteiger partial charge in [0.15, 0.2) is 0 Å². The molecule has 4 rings (SSSR count). The largest absolute Gasteiger partial charge is 0.472 e. The normalized spacial score (nSPS) is 25.2. The molecule has 130 valence electrons. The average Bonchev–Trinajstić information content (AvgIpc) is 3.35. The number of rotatable bonds is 3. The highest BCUT2D eigenvalue weighted by atomic mass is 16.3. The van der Waals surface area contributed by atoms with E-state index >= 15 is 0 Å². The third-order valence-corrected chi connectivity index (χ3v) is 5.44. The van der Waals surface area contributed by atoms with E-state index < -0.39 is 5.41 Å². The number of hydrogen-bond acceptors (Lipinski definition) is 4. The fourth-order valence-electron chi connectivity index (χ4n) is 4.05. The van der Waals surface area contributed by atoms with Crippen molar-refractivity contribution in [3.63, 3.8) is 0 Å². The molecule has 2 aliphatic rings. The van der Waals surface area contributed by atoms with Gasteiger partial charge in [0.05, 0.1) is 18.4 Å². The molecule has 2 atom stereocenters. The summed E-state index contributed by atoms with van der Waals surface area (Å²) in [5.74, 6) is -0.0199. The first kappa shape index (κ1) is 15.9. The summed E-state index contributed by atoms with van der Waals surface area (Å²) in [6, 6.07) is 10.8. The van der Waals surface area contributed by atoms with Crippen molar-refractivity contribution in [2.75, 3.05) is 32.8 Å². The van der Waals surface area contributed by atoms with Crippen molar-refractivity contribution in [3.8, 4) is 0 Å². The second-order valence-electron chi connectivity index (χ2n) is 6.97. The molecule has 1 aromatic carbocycles. The van der Waals surface area contributed by atoms with Crippen LogP contribution in [0.15, 0.2) is 53.3 Å².